The second-order valence-electron chi connectivity index (χ2n) is 3.69. The monoisotopic (exact) mass is 234 g/mol. The topological polar surface area (TPSA) is 29.9 Å². The third kappa shape index (κ3) is 1.76. The quantitative estimate of drug-likeness (QED) is 0.809. The minimum atomic E-state index is 0.739. The molecule has 0 fully saturated rings. The van der Waals surface area contributed by atoms with Gasteiger partial charge in [-0.2, -0.15) is 0 Å². The lowest BCUT2D eigenvalue weighted by molar-refractivity contribution is 0.415. The number of aromatic nitrogens is 2. The lowest BCUT2D eigenvalue weighted by Gasteiger charge is -2.05. The summed E-state index contributed by atoms with van der Waals surface area (Å²) >= 11 is 5.19. The van der Waals surface area contributed by atoms with E-state index < -0.39 is 0 Å². The van der Waals surface area contributed by atoms with E-state index in [0.29, 0.717) is 0 Å². The third-order valence-corrected chi connectivity index (χ3v) is 3.03. The van der Waals surface area contributed by atoms with Gasteiger partial charge in [-0.15, -0.1) is 0 Å². The fourth-order valence-corrected chi connectivity index (χ4v) is 2.06. The highest BCUT2D eigenvalue weighted by atomic mass is 32.1. The number of H-pyrrole nitrogens is 1. The molecule has 1 N–H and O–H groups in total. The van der Waals surface area contributed by atoms with Crippen LogP contribution in [-0.4, -0.2) is 16.7 Å². The number of aromatic amines is 1. The lowest BCUT2D eigenvalue weighted by Crippen LogP contribution is -1.92. The van der Waals surface area contributed by atoms with E-state index in [9.17, 15) is 0 Å². The van der Waals surface area contributed by atoms with Crippen molar-refractivity contribution in [2.24, 2.45) is 7.05 Å². The second-order valence-corrected chi connectivity index (χ2v) is 4.08. The van der Waals surface area contributed by atoms with Crippen LogP contribution in [0.5, 0.6) is 5.75 Å². The maximum absolute atomic E-state index is 5.19. The summed E-state index contributed by atoms with van der Waals surface area (Å²) in [6.45, 7) is 2.02. The van der Waals surface area contributed by atoms with Gasteiger partial charge in [-0.05, 0) is 43.4 Å². The number of nitrogens with zero attached hydrogens (tertiary/aromatic N) is 1. The predicted molar refractivity (Wildman–Crippen MR) is 67.3 cm³/mol. The number of hydrogen-bond donors (Lipinski definition) is 1. The van der Waals surface area contributed by atoms with Crippen molar-refractivity contribution >= 4 is 12.2 Å². The minimum absolute atomic E-state index is 0.739. The highest BCUT2D eigenvalue weighted by molar-refractivity contribution is 7.71. The summed E-state index contributed by atoms with van der Waals surface area (Å²) in [5.41, 5.74) is 3.33. The second kappa shape index (κ2) is 4.14. The first-order valence-corrected chi connectivity index (χ1v) is 5.44. The van der Waals surface area contributed by atoms with Crippen molar-refractivity contribution in [2.45, 2.75) is 6.92 Å². The van der Waals surface area contributed by atoms with Gasteiger partial charge >= 0.3 is 0 Å². The summed E-state index contributed by atoms with van der Waals surface area (Å²) < 4.78 is 7.85. The molecule has 1 aromatic carbocycles. The van der Waals surface area contributed by atoms with E-state index in [1.807, 2.05) is 42.8 Å². The Morgan fingerprint density at radius 2 is 1.88 bits per heavy atom. The van der Waals surface area contributed by atoms with Gasteiger partial charge in [0.15, 0.2) is 4.77 Å². The van der Waals surface area contributed by atoms with Crippen molar-refractivity contribution in [3.05, 3.63) is 34.7 Å². The summed E-state index contributed by atoms with van der Waals surface area (Å²) in [4.78, 5) is 3.15. The first-order valence-electron chi connectivity index (χ1n) is 5.03. The van der Waals surface area contributed by atoms with Gasteiger partial charge in [0.05, 0.1) is 12.8 Å². The Bertz CT molecular complexity index is 551. The molecule has 0 aliphatic rings. The molecule has 3 nitrogen and oxygen atoms in total. The number of benzene rings is 1. The molecule has 0 saturated heterocycles. The van der Waals surface area contributed by atoms with Crippen LogP contribution in [0.3, 0.4) is 0 Å². The zero-order valence-electron chi connectivity index (χ0n) is 9.57. The molecule has 0 bridgehead atoms. The predicted octanol–water partition coefficient (Wildman–Crippen LogP) is 3.07. The number of nitrogens with one attached hydrogen (secondary N) is 1. The average molecular weight is 234 g/mol. The van der Waals surface area contributed by atoms with Crippen LogP contribution in [0.2, 0.25) is 0 Å². The summed E-state index contributed by atoms with van der Waals surface area (Å²) in [6.07, 6.45) is 0. The average Bonchev–Trinajstić information content (AvgIpc) is 2.54. The molecule has 0 spiro atoms. The molecule has 2 aromatic rings. The van der Waals surface area contributed by atoms with Crippen molar-refractivity contribution < 1.29 is 4.74 Å². The minimum Gasteiger partial charge on any atom is -0.497 e. The van der Waals surface area contributed by atoms with Crippen LogP contribution >= 0.6 is 12.2 Å². The summed E-state index contributed by atoms with van der Waals surface area (Å²) in [5, 5.41) is 0. The van der Waals surface area contributed by atoms with E-state index in [0.717, 1.165) is 27.5 Å². The molecular weight excluding hydrogens is 220 g/mol. The van der Waals surface area contributed by atoms with Gasteiger partial charge in [0.1, 0.15) is 5.75 Å². The van der Waals surface area contributed by atoms with E-state index in [2.05, 4.69) is 4.98 Å². The van der Waals surface area contributed by atoms with Gasteiger partial charge in [0.2, 0.25) is 0 Å². The van der Waals surface area contributed by atoms with E-state index in [4.69, 9.17) is 17.0 Å². The number of methoxy groups -OCH3 is 1. The van der Waals surface area contributed by atoms with E-state index in [1.54, 1.807) is 7.11 Å². The van der Waals surface area contributed by atoms with E-state index in [-0.39, 0.29) is 0 Å². The van der Waals surface area contributed by atoms with Crippen LogP contribution in [0.15, 0.2) is 24.3 Å². The largest absolute Gasteiger partial charge is 0.497 e. The SMILES string of the molecule is COc1ccc(-c2c(C)[nH]c(=S)n2C)cc1. The van der Waals surface area contributed by atoms with Crippen molar-refractivity contribution in [1.29, 1.82) is 0 Å². The van der Waals surface area contributed by atoms with E-state index >= 15 is 0 Å². The number of ether oxygens (including phenoxy) is 1. The highest BCUT2D eigenvalue weighted by Gasteiger charge is 2.08. The Kier molecular flexibility index (Phi) is 2.83. The van der Waals surface area contributed by atoms with Gasteiger partial charge < -0.3 is 14.3 Å². The molecule has 0 amide bonds. The number of imidazole rings is 1. The van der Waals surface area contributed by atoms with Gasteiger partial charge in [0.25, 0.3) is 0 Å². The van der Waals surface area contributed by atoms with Crippen LogP contribution in [0, 0.1) is 11.7 Å². The van der Waals surface area contributed by atoms with Crippen LogP contribution in [-0.2, 0) is 7.05 Å². The lowest BCUT2D eigenvalue weighted by atomic mass is 10.1. The Morgan fingerprint density at radius 1 is 1.25 bits per heavy atom. The molecule has 0 saturated carbocycles. The molecule has 0 unspecified atom stereocenters. The molecule has 0 aliphatic heterocycles. The summed E-state index contributed by atoms with van der Waals surface area (Å²) in [7, 11) is 3.63. The zero-order valence-corrected chi connectivity index (χ0v) is 10.4. The van der Waals surface area contributed by atoms with Crippen molar-refractivity contribution in [3.8, 4) is 17.0 Å². The van der Waals surface area contributed by atoms with Gasteiger partial charge in [-0.1, -0.05) is 0 Å². The summed E-state index contributed by atoms with van der Waals surface area (Å²) in [6, 6.07) is 7.96. The molecule has 0 atom stereocenters. The fraction of sp³-hybridized carbons (Fsp3) is 0.250. The van der Waals surface area contributed by atoms with Crippen LogP contribution < -0.4 is 4.74 Å². The molecule has 1 heterocycles. The van der Waals surface area contributed by atoms with Crippen LogP contribution in [0.25, 0.3) is 11.3 Å². The Hall–Kier alpha value is -1.55. The molecule has 0 radical (unpaired) electrons. The third-order valence-electron chi connectivity index (χ3n) is 2.65. The fourth-order valence-electron chi connectivity index (χ4n) is 1.82. The van der Waals surface area contributed by atoms with Gasteiger partial charge in [-0.25, -0.2) is 0 Å². The van der Waals surface area contributed by atoms with E-state index in [1.165, 1.54) is 0 Å². The summed E-state index contributed by atoms with van der Waals surface area (Å²) in [5.74, 6) is 0.859. The molecular formula is C12H14N2OS. The standard InChI is InChI=1S/C12H14N2OS/c1-8-11(14(2)12(16)13-8)9-4-6-10(15-3)7-5-9/h4-7H,1-3H3,(H,13,16). The van der Waals surface area contributed by atoms with Crippen LogP contribution in [0.1, 0.15) is 5.69 Å². The zero-order chi connectivity index (χ0) is 11.7. The number of hydrogen-bond acceptors (Lipinski definition) is 2. The Labute approximate surface area is 99.7 Å². The molecule has 84 valence electrons. The molecule has 4 heteroatoms. The maximum Gasteiger partial charge on any atom is 0.177 e. The van der Waals surface area contributed by atoms with Crippen molar-refractivity contribution in [2.75, 3.05) is 7.11 Å². The van der Waals surface area contributed by atoms with Crippen molar-refractivity contribution in [3.63, 3.8) is 0 Å². The normalized spacial score (nSPS) is 10.4. The number of aryl methyl sites for hydroxylation is 1. The number of rotatable bonds is 2. The first kappa shape index (κ1) is 11.0. The Balaban J connectivity index is 2.54. The Morgan fingerprint density at radius 3 is 2.31 bits per heavy atom. The van der Waals surface area contributed by atoms with Gasteiger partial charge in [0, 0.05) is 18.3 Å². The van der Waals surface area contributed by atoms with Crippen LogP contribution in [0.4, 0.5) is 0 Å². The highest BCUT2D eigenvalue weighted by Crippen LogP contribution is 2.24. The smallest absolute Gasteiger partial charge is 0.177 e. The van der Waals surface area contributed by atoms with Crippen molar-refractivity contribution in [1.82, 2.24) is 9.55 Å². The first-order chi connectivity index (χ1) is 7.63. The molecule has 2 rings (SSSR count). The van der Waals surface area contributed by atoms with Gasteiger partial charge in [-0.3, -0.25) is 0 Å². The molecule has 1 aromatic heterocycles. The maximum atomic E-state index is 5.19. The molecule has 16 heavy (non-hydrogen) atoms. The molecule has 0 aliphatic carbocycles.